The molecule has 0 aliphatic rings. The van der Waals surface area contributed by atoms with Gasteiger partial charge in [-0.1, -0.05) is 6.07 Å². The van der Waals surface area contributed by atoms with Crippen LogP contribution in [0.3, 0.4) is 0 Å². The summed E-state index contributed by atoms with van der Waals surface area (Å²) in [5, 5.41) is 10.3. The van der Waals surface area contributed by atoms with Gasteiger partial charge in [-0.3, -0.25) is 4.79 Å². The van der Waals surface area contributed by atoms with E-state index in [9.17, 15) is 13.2 Å². The highest BCUT2D eigenvalue weighted by Crippen LogP contribution is 2.22. The largest absolute Gasteiger partial charge is 0.497 e. The topological polar surface area (TPSA) is 111 Å². The number of aromatic nitrogens is 2. The van der Waals surface area contributed by atoms with Gasteiger partial charge < -0.3 is 14.5 Å². The van der Waals surface area contributed by atoms with Gasteiger partial charge in [0.2, 0.25) is 17.7 Å². The molecule has 0 fully saturated rings. The fourth-order valence-electron chi connectivity index (χ4n) is 1.74. The van der Waals surface area contributed by atoms with Gasteiger partial charge in [0.05, 0.1) is 19.4 Å². The van der Waals surface area contributed by atoms with Crippen molar-refractivity contribution in [2.45, 2.75) is 13.0 Å². The zero-order valence-corrected chi connectivity index (χ0v) is 13.6. The van der Waals surface area contributed by atoms with E-state index in [1.165, 1.54) is 0 Å². The van der Waals surface area contributed by atoms with Crippen molar-refractivity contribution in [3.8, 4) is 17.2 Å². The summed E-state index contributed by atoms with van der Waals surface area (Å²) in [5.41, 5.74) is 0.700. The Balaban J connectivity index is 1.93. The monoisotopic (exact) mass is 339 g/mol. The number of benzene rings is 1. The number of nitrogens with zero attached hydrogens (tertiary/aromatic N) is 2. The molecule has 0 aliphatic heterocycles. The maximum Gasteiger partial charge on any atom is 0.247 e. The van der Waals surface area contributed by atoms with Crippen molar-refractivity contribution in [1.29, 1.82) is 0 Å². The van der Waals surface area contributed by atoms with E-state index in [2.05, 4.69) is 15.5 Å². The highest BCUT2D eigenvalue weighted by Gasteiger charge is 2.12. The summed E-state index contributed by atoms with van der Waals surface area (Å²) in [6.45, 7) is 0.0412. The van der Waals surface area contributed by atoms with E-state index in [1.54, 1.807) is 31.4 Å². The fourth-order valence-corrected chi connectivity index (χ4v) is 2.29. The minimum atomic E-state index is -3.16. The third kappa shape index (κ3) is 5.37. The van der Waals surface area contributed by atoms with E-state index < -0.39 is 15.7 Å². The third-order valence-electron chi connectivity index (χ3n) is 2.92. The molecule has 1 aromatic heterocycles. The molecular weight excluding hydrogens is 322 g/mol. The van der Waals surface area contributed by atoms with Crippen molar-refractivity contribution in [3.63, 3.8) is 0 Å². The summed E-state index contributed by atoms with van der Waals surface area (Å²) in [4.78, 5) is 11.5. The fraction of sp³-hybridized carbons (Fsp3) is 0.357. The van der Waals surface area contributed by atoms with E-state index in [-0.39, 0.29) is 24.6 Å². The van der Waals surface area contributed by atoms with Crippen molar-refractivity contribution in [3.05, 3.63) is 30.2 Å². The van der Waals surface area contributed by atoms with Gasteiger partial charge in [-0.2, -0.15) is 0 Å². The molecule has 8 nitrogen and oxygen atoms in total. The first-order valence-electron chi connectivity index (χ1n) is 6.78. The lowest BCUT2D eigenvalue weighted by atomic mass is 10.2. The molecule has 0 saturated carbocycles. The van der Waals surface area contributed by atoms with Crippen molar-refractivity contribution in [2.24, 2.45) is 0 Å². The molecule has 0 bridgehead atoms. The van der Waals surface area contributed by atoms with Crippen LogP contribution >= 0.6 is 0 Å². The molecule has 0 atom stereocenters. The van der Waals surface area contributed by atoms with Gasteiger partial charge in [-0.25, -0.2) is 8.42 Å². The lowest BCUT2D eigenvalue weighted by Crippen LogP contribution is -2.25. The highest BCUT2D eigenvalue weighted by atomic mass is 32.2. The summed E-state index contributed by atoms with van der Waals surface area (Å²) in [5.74, 6) is 0.616. The van der Waals surface area contributed by atoms with Gasteiger partial charge >= 0.3 is 0 Å². The van der Waals surface area contributed by atoms with Gasteiger partial charge in [0, 0.05) is 18.2 Å². The van der Waals surface area contributed by atoms with Gasteiger partial charge in [0.1, 0.15) is 15.6 Å². The molecule has 23 heavy (non-hydrogen) atoms. The lowest BCUT2D eigenvalue weighted by molar-refractivity contribution is -0.120. The zero-order chi connectivity index (χ0) is 16.9. The molecule has 1 aromatic carbocycles. The van der Waals surface area contributed by atoms with Crippen molar-refractivity contribution < 1.29 is 22.4 Å². The van der Waals surface area contributed by atoms with E-state index >= 15 is 0 Å². The zero-order valence-electron chi connectivity index (χ0n) is 12.8. The van der Waals surface area contributed by atoms with Crippen molar-refractivity contribution >= 4 is 15.7 Å². The number of methoxy groups -OCH3 is 1. The Bertz CT molecular complexity index is 785. The molecule has 0 unspecified atom stereocenters. The van der Waals surface area contributed by atoms with Crippen LogP contribution in [0.15, 0.2) is 28.7 Å². The molecule has 0 aliphatic carbocycles. The quantitative estimate of drug-likeness (QED) is 0.794. The first-order chi connectivity index (χ1) is 10.9. The Morgan fingerprint density at radius 1 is 1.35 bits per heavy atom. The predicted molar refractivity (Wildman–Crippen MR) is 82.5 cm³/mol. The number of carbonyl (C=O) groups is 1. The Morgan fingerprint density at radius 3 is 2.83 bits per heavy atom. The molecule has 0 radical (unpaired) electrons. The smallest absolute Gasteiger partial charge is 0.247 e. The lowest BCUT2D eigenvalue weighted by Gasteiger charge is -2.01. The normalized spacial score (nSPS) is 11.2. The summed E-state index contributed by atoms with van der Waals surface area (Å²) < 4.78 is 32.6. The first-order valence-corrected chi connectivity index (χ1v) is 8.84. The van der Waals surface area contributed by atoms with Crippen LogP contribution in [-0.2, 0) is 21.2 Å². The minimum Gasteiger partial charge on any atom is -0.497 e. The van der Waals surface area contributed by atoms with Crippen LogP contribution in [0.1, 0.15) is 12.3 Å². The van der Waals surface area contributed by atoms with Crippen LogP contribution in [0, 0.1) is 0 Å². The molecule has 2 aromatic rings. The summed E-state index contributed by atoms with van der Waals surface area (Å²) in [6, 6.07) is 7.14. The van der Waals surface area contributed by atoms with Crippen LogP contribution in [0.5, 0.6) is 5.75 Å². The number of sulfone groups is 1. The maximum absolute atomic E-state index is 11.5. The number of rotatable bonds is 7. The number of ether oxygens (including phenoxy) is 1. The molecule has 1 heterocycles. The van der Waals surface area contributed by atoms with E-state index in [4.69, 9.17) is 9.15 Å². The van der Waals surface area contributed by atoms with Crippen LogP contribution in [0.25, 0.3) is 11.5 Å². The molecule has 124 valence electrons. The number of nitrogens with one attached hydrogen (secondary N) is 1. The number of carbonyl (C=O) groups excluding carboxylic acids is 1. The summed E-state index contributed by atoms with van der Waals surface area (Å²) in [7, 11) is -1.60. The van der Waals surface area contributed by atoms with Gasteiger partial charge in [0.15, 0.2) is 0 Å². The number of hydrogen-bond acceptors (Lipinski definition) is 7. The Labute approximate surface area is 133 Å². The summed E-state index contributed by atoms with van der Waals surface area (Å²) in [6.07, 6.45) is 0.981. The molecule has 2 rings (SSSR count). The molecule has 0 spiro atoms. The van der Waals surface area contributed by atoms with Crippen LogP contribution < -0.4 is 10.1 Å². The second-order valence-electron chi connectivity index (χ2n) is 4.89. The SMILES string of the molecule is COc1cccc(-c2nnc(CNC(=O)CCS(C)(=O)=O)o2)c1. The predicted octanol–water partition coefficient (Wildman–Crippen LogP) is 0.796. The Hall–Kier alpha value is -2.42. The Morgan fingerprint density at radius 2 is 2.13 bits per heavy atom. The number of amides is 1. The highest BCUT2D eigenvalue weighted by molar-refractivity contribution is 7.90. The Kier molecular flexibility index (Phi) is 5.32. The minimum absolute atomic E-state index is 0.0412. The molecular formula is C14H17N3O5S. The standard InChI is InChI=1S/C14H17N3O5S/c1-21-11-5-3-4-10(8-11)14-17-16-13(22-14)9-15-12(18)6-7-23(2,19)20/h3-5,8H,6-7,9H2,1-2H3,(H,15,18). The van der Waals surface area contributed by atoms with Crippen LogP contribution in [0.2, 0.25) is 0 Å². The second-order valence-corrected chi connectivity index (χ2v) is 7.15. The third-order valence-corrected chi connectivity index (χ3v) is 3.87. The summed E-state index contributed by atoms with van der Waals surface area (Å²) >= 11 is 0. The molecule has 0 saturated heterocycles. The number of hydrogen-bond donors (Lipinski definition) is 1. The molecule has 1 amide bonds. The van der Waals surface area contributed by atoms with Crippen molar-refractivity contribution in [1.82, 2.24) is 15.5 Å². The van der Waals surface area contributed by atoms with Gasteiger partial charge in [-0.05, 0) is 18.2 Å². The first kappa shape index (κ1) is 16.9. The van der Waals surface area contributed by atoms with E-state index in [0.717, 1.165) is 6.26 Å². The molecule has 9 heteroatoms. The maximum atomic E-state index is 11.5. The average Bonchev–Trinajstić information content (AvgIpc) is 2.99. The van der Waals surface area contributed by atoms with Crippen LogP contribution in [0.4, 0.5) is 0 Å². The van der Waals surface area contributed by atoms with E-state index in [0.29, 0.717) is 17.2 Å². The second kappa shape index (κ2) is 7.23. The van der Waals surface area contributed by atoms with Crippen LogP contribution in [-0.4, -0.2) is 43.6 Å². The average molecular weight is 339 g/mol. The molecule has 1 N–H and O–H groups in total. The van der Waals surface area contributed by atoms with E-state index in [1.807, 2.05) is 0 Å². The van der Waals surface area contributed by atoms with Gasteiger partial charge in [0.25, 0.3) is 0 Å². The van der Waals surface area contributed by atoms with Crippen molar-refractivity contribution in [2.75, 3.05) is 19.1 Å². The van der Waals surface area contributed by atoms with Gasteiger partial charge in [-0.15, -0.1) is 10.2 Å².